The maximum absolute atomic E-state index is 12.9. The molecule has 1 rings (SSSR count). The van der Waals surface area contributed by atoms with Gasteiger partial charge in [0.05, 0.1) is 0 Å². The van der Waals surface area contributed by atoms with Crippen molar-refractivity contribution in [3.8, 4) is 0 Å². The van der Waals surface area contributed by atoms with Crippen LogP contribution in [0.5, 0.6) is 0 Å². The van der Waals surface area contributed by atoms with Crippen molar-refractivity contribution >= 4 is 5.91 Å². The highest BCUT2D eigenvalue weighted by Gasteiger charge is 2.23. The molecule has 4 N–H and O–H groups in total. The molecule has 0 fully saturated rings. The molecule has 15 heavy (non-hydrogen) atoms. The number of nitrogens with two attached hydrogens (primary N) is 1. The van der Waals surface area contributed by atoms with Crippen LogP contribution in [0.15, 0.2) is 18.2 Å². The number of rotatable bonds is 3. The fourth-order valence-corrected chi connectivity index (χ4v) is 1.27. The van der Waals surface area contributed by atoms with Gasteiger partial charge in [-0.1, -0.05) is 6.07 Å². The first kappa shape index (κ1) is 11.6. The highest BCUT2D eigenvalue weighted by atomic mass is 19.1. The van der Waals surface area contributed by atoms with E-state index in [2.05, 4.69) is 0 Å². The van der Waals surface area contributed by atoms with Gasteiger partial charge in [0.15, 0.2) is 6.10 Å². The summed E-state index contributed by atoms with van der Waals surface area (Å²) in [4.78, 5) is 10.6. The molecule has 4 nitrogen and oxygen atoms in total. The molecule has 0 radical (unpaired) electrons. The summed E-state index contributed by atoms with van der Waals surface area (Å²) in [6, 6.07) is 3.79. The third kappa shape index (κ3) is 2.74. The number of carbonyl (C=O) groups is 1. The van der Waals surface area contributed by atoms with Crippen molar-refractivity contribution < 1.29 is 19.4 Å². The van der Waals surface area contributed by atoms with E-state index in [4.69, 9.17) is 5.73 Å². The van der Waals surface area contributed by atoms with E-state index in [0.29, 0.717) is 5.56 Å². The van der Waals surface area contributed by atoms with Crippen molar-refractivity contribution in [1.82, 2.24) is 0 Å². The van der Waals surface area contributed by atoms with Crippen LogP contribution in [-0.4, -0.2) is 22.2 Å². The summed E-state index contributed by atoms with van der Waals surface area (Å²) in [6.45, 7) is 1.63. The molecule has 1 aromatic carbocycles. The second kappa shape index (κ2) is 4.37. The Morgan fingerprint density at radius 3 is 2.47 bits per heavy atom. The molecule has 0 aliphatic carbocycles. The van der Waals surface area contributed by atoms with Gasteiger partial charge in [0.1, 0.15) is 11.9 Å². The molecule has 0 aromatic heterocycles. The zero-order valence-corrected chi connectivity index (χ0v) is 8.14. The molecule has 1 amide bonds. The molecular weight excluding hydrogens is 201 g/mol. The van der Waals surface area contributed by atoms with Crippen molar-refractivity contribution in [2.45, 2.75) is 19.1 Å². The van der Waals surface area contributed by atoms with Gasteiger partial charge in [-0.2, -0.15) is 0 Å². The van der Waals surface area contributed by atoms with Crippen LogP contribution < -0.4 is 5.73 Å². The molecular formula is C10H12FNO3. The quantitative estimate of drug-likeness (QED) is 0.661. The van der Waals surface area contributed by atoms with Gasteiger partial charge in [-0.05, 0) is 30.2 Å². The van der Waals surface area contributed by atoms with Gasteiger partial charge >= 0.3 is 0 Å². The monoisotopic (exact) mass is 213 g/mol. The SMILES string of the molecule is Cc1cc(F)cc(C(O)C(O)C(N)=O)c1. The summed E-state index contributed by atoms with van der Waals surface area (Å²) in [5, 5.41) is 18.7. The molecule has 0 spiro atoms. The fraction of sp³-hybridized carbons (Fsp3) is 0.300. The summed E-state index contributed by atoms with van der Waals surface area (Å²) in [5.41, 5.74) is 5.52. The van der Waals surface area contributed by atoms with Crippen LogP contribution in [0, 0.1) is 12.7 Å². The second-order valence-electron chi connectivity index (χ2n) is 3.35. The first-order valence-electron chi connectivity index (χ1n) is 4.34. The van der Waals surface area contributed by atoms with Crippen LogP contribution in [0.2, 0.25) is 0 Å². The fourth-order valence-electron chi connectivity index (χ4n) is 1.27. The first-order chi connectivity index (χ1) is 6.91. The van der Waals surface area contributed by atoms with Crippen LogP contribution in [0.3, 0.4) is 0 Å². The minimum absolute atomic E-state index is 0.124. The lowest BCUT2D eigenvalue weighted by atomic mass is 10.0. The standard InChI is InChI=1S/C10H12FNO3/c1-5-2-6(4-7(11)3-5)8(13)9(14)10(12)15/h2-4,8-9,13-14H,1H3,(H2,12,15). The molecule has 0 aliphatic heterocycles. The van der Waals surface area contributed by atoms with Crippen molar-refractivity contribution in [2.24, 2.45) is 5.73 Å². The molecule has 0 bridgehead atoms. The molecule has 2 unspecified atom stereocenters. The van der Waals surface area contributed by atoms with Crippen LogP contribution in [-0.2, 0) is 4.79 Å². The van der Waals surface area contributed by atoms with Gasteiger partial charge < -0.3 is 15.9 Å². The van der Waals surface area contributed by atoms with Gasteiger partial charge in [0, 0.05) is 0 Å². The zero-order valence-electron chi connectivity index (χ0n) is 8.14. The van der Waals surface area contributed by atoms with Crippen molar-refractivity contribution in [2.75, 3.05) is 0 Å². The third-order valence-electron chi connectivity index (χ3n) is 2.00. The summed E-state index contributed by atoms with van der Waals surface area (Å²) in [6.07, 6.45) is -3.23. The Hall–Kier alpha value is -1.46. The molecule has 0 saturated heterocycles. The van der Waals surface area contributed by atoms with Crippen molar-refractivity contribution in [3.05, 3.63) is 35.1 Å². The van der Waals surface area contributed by atoms with E-state index < -0.39 is 23.9 Å². The van der Waals surface area contributed by atoms with E-state index in [1.165, 1.54) is 12.1 Å². The average molecular weight is 213 g/mol. The number of aliphatic hydroxyl groups is 2. The maximum atomic E-state index is 12.9. The smallest absolute Gasteiger partial charge is 0.249 e. The predicted octanol–water partition coefficient (Wildman–Crippen LogP) is 0.0137. The minimum Gasteiger partial charge on any atom is -0.385 e. The largest absolute Gasteiger partial charge is 0.385 e. The number of primary amides is 1. The lowest BCUT2D eigenvalue weighted by Crippen LogP contribution is -2.33. The van der Waals surface area contributed by atoms with E-state index in [9.17, 15) is 19.4 Å². The molecule has 5 heteroatoms. The summed E-state index contributed by atoms with van der Waals surface area (Å²) < 4.78 is 12.9. The van der Waals surface area contributed by atoms with Crippen LogP contribution >= 0.6 is 0 Å². The lowest BCUT2D eigenvalue weighted by molar-refractivity contribution is -0.131. The van der Waals surface area contributed by atoms with Crippen LogP contribution in [0.4, 0.5) is 4.39 Å². The van der Waals surface area contributed by atoms with E-state index >= 15 is 0 Å². The number of hydrogen-bond acceptors (Lipinski definition) is 3. The Labute approximate surface area is 86.1 Å². The van der Waals surface area contributed by atoms with E-state index in [1.54, 1.807) is 6.92 Å². The first-order valence-corrected chi connectivity index (χ1v) is 4.34. The Bertz CT molecular complexity index is 361. The van der Waals surface area contributed by atoms with Crippen LogP contribution in [0.25, 0.3) is 0 Å². The number of halogens is 1. The third-order valence-corrected chi connectivity index (χ3v) is 2.00. The summed E-state index contributed by atoms with van der Waals surface area (Å²) in [5.74, 6) is -1.59. The summed E-state index contributed by atoms with van der Waals surface area (Å²) in [7, 11) is 0. The zero-order chi connectivity index (χ0) is 11.6. The Kier molecular flexibility index (Phi) is 3.39. The van der Waals surface area contributed by atoms with E-state index in [1.807, 2.05) is 0 Å². The summed E-state index contributed by atoms with van der Waals surface area (Å²) >= 11 is 0. The average Bonchev–Trinajstić information content (AvgIpc) is 2.13. The lowest BCUT2D eigenvalue weighted by Gasteiger charge is -2.15. The Balaban J connectivity index is 3.00. The molecule has 2 atom stereocenters. The number of hydrogen-bond donors (Lipinski definition) is 3. The van der Waals surface area contributed by atoms with Gasteiger partial charge in [-0.3, -0.25) is 4.79 Å². The van der Waals surface area contributed by atoms with E-state index in [0.717, 1.165) is 6.07 Å². The van der Waals surface area contributed by atoms with Gasteiger partial charge in [0.25, 0.3) is 0 Å². The van der Waals surface area contributed by atoms with Gasteiger partial charge in [-0.25, -0.2) is 4.39 Å². The Morgan fingerprint density at radius 1 is 1.40 bits per heavy atom. The predicted molar refractivity (Wildman–Crippen MR) is 51.3 cm³/mol. The van der Waals surface area contributed by atoms with Crippen LogP contribution in [0.1, 0.15) is 17.2 Å². The normalized spacial score (nSPS) is 14.7. The number of carbonyl (C=O) groups excluding carboxylic acids is 1. The number of aryl methyl sites for hydroxylation is 1. The van der Waals surface area contributed by atoms with Gasteiger partial charge in [-0.15, -0.1) is 0 Å². The maximum Gasteiger partial charge on any atom is 0.249 e. The molecule has 0 saturated carbocycles. The number of amides is 1. The van der Waals surface area contributed by atoms with Crippen molar-refractivity contribution in [1.29, 1.82) is 0 Å². The van der Waals surface area contributed by atoms with Crippen molar-refractivity contribution in [3.63, 3.8) is 0 Å². The number of benzene rings is 1. The highest BCUT2D eigenvalue weighted by Crippen LogP contribution is 2.19. The van der Waals surface area contributed by atoms with E-state index in [-0.39, 0.29) is 5.56 Å². The molecule has 1 aromatic rings. The topological polar surface area (TPSA) is 83.6 Å². The highest BCUT2D eigenvalue weighted by molar-refractivity contribution is 5.79. The Morgan fingerprint density at radius 2 is 2.00 bits per heavy atom. The molecule has 82 valence electrons. The molecule has 0 heterocycles. The number of aliphatic hydroxyl groups excluding tert-OH is 2. The second-order valence-corrected chi connectivity index (χ2v) is 3.35. The molecule has 0 aliphatic rings. The minimum atomic E-state index is -1.73. The van der Waals surface area contributed by atoms with Gasteiger partial charge in [0.2, 0.25) is 5.91 Å².